The fourth-order valence-corrected chi connectivity index (χ4v) is 3.75. The van der Waals surface area contributed by atoms with Crippen molar-refractivity contribution >= 4 is 5.91 Å². The van der Waals surface area contributed by atoms with Crippen molar-refractivity contribution in [2.75, 3.05) is 19.6 Å². The highest BCUT2D eigenvalue weighted by Crippen LogP contribution is 2.35. The van der Waals surface area contributed by atoms with Crippen LogP contribution < -0.4 is 5.32 Å². The van der Waals surface area contributed by atoms with Crippen LogP contribution in [0.1, 0.15) is 65.7 Å². The van der Waals surface area contributed by atoms with Gasteiger partial charge in [-0.1, -0.05) is 33.6 Å². The lowest BCUT2D eigenvalue weighted by atomic mass is 9.82. The lowest BCUT2D eigenvalue weighted by Crippen LogP contribution is -2.49. The lowest BCUT2D eigenvalue weighted by Gasteiger charge is -2.37. The van der Waals surface area contributed by atoms with E-state index in [0.717, 1.165) is 38.9 Å². The van der Waals surface area contributed by atoms with Crippen LogP contribution in [0.3, 0.4) is 0 Å². The summed E-state index contributed by atoms with van der Waals surface area (Å²) in [4.78, 5) is 15.5. The molecule has 2 rings (SSSR count). The Morgan fingerprint density at radius 3 is 2.55 bits per heavy atom. The van der Waals surface area contributed by atoms with Gasteiger partial charge in [-0.05, 0) is 44.6 Å². The summed E-state index contributed by atoms with van der Waals surface area (Å²) in [5.41, 5.74) is -0.112. The van der Waals surface area contributed by atoms with Gasteiger partial charge in [-0.3, -0.25) is 4.79 Å². The molecule has 116 valence electrons. The average Bonchev–Trinajstić information content (AvgIpc) is 3.10. The molecule has 0 aromatic rings. The van der Waals surface area contributed by atoms with Crippen LogP contribution in [0.5, 0.6) is 0 Å². The number of amides is 1. The summed E-state index contributed by atoms with van der Waals surface area (Å²) in [5.74, 6) is 1.11. The second kappa shape index (κ2) is 6.93. The first-order valence-electron chi connectivity index (χ1n) is 8.61. The van der Waals surface area contributed by atoms with Crippen molar-refractivity contribution in [2.45, 2.75) is 71.8 Å². The number of rotatable bonds is 6. The number of nitrogens with one attached hydrogen (secondary N) is 1. The maximum absolute atomic E-state index is 13.2. The van der Waals surface area contributed by atoms with E-state index >= 15 is 0 Å². The first-order chi connectivity index (χ1) is 9.59. The van der Waals surface area contributed by atoms with Crippen molar-refractivity contribution < 1.29 is 4.79 Å². The predicted octanol–water partition coefficient (Wildman–Crippen LogP) is 3.19. The molecule has 0 bridgehead atoms. The van der Waals surface area contributed by atoms with E-state index in [2.05, 4.69) is 31.0 Å². The monoisotopic (exact) mass is 280 g/mol. The van der Waals surface area contributed by atoms with Crippen LogP contribution in [0.25, 0.3) is 0 Å². The second-order valence-electron chi connectivity index (χ2n) is 7.18. The van der Waals surface area contributed by atoms with Gasteiger partial charge in [0.1, 0.15) is 0 Å². The third kappa shape index (κ3) is 3.36. The van der Waals surface area contributed by atoms with Crippen molar-refractivity contribution in [3.05, 3.63) is 0 Å². The van der Waals surface area contributed by atoms with Crippen molar-refractivity contribution in [2.24, 2.45) is 11.3 Å². The summed E-state index contributed by atoms with van der Waals surface area (Å²) in [6.45, 7) is 9.53. The summed E-state index contributed by atoms with van der Waals surface area (Å²) < 4.78 is 0. The van der Waals surface area contributed by atoms with Crippen molar-refractivity contribution in [3.8, 4) is 0 Å². The Labute approximate surface area is 124 Å². The van der Waals surface area contributed by atoms with Gasteiger partial charge in [-0.15, -0.1) is 0 Å². The summed E-state index contributed by atoms with van der Waals surface area (Å²) >= 11 is 0. The maximum atomic E-state index is 13.2. The summed E-state index contributed by atoms with van der Waals surface area (Å²) in [6, 6.07) is 0.519. The molecule has 1 unspecified atom stereocenters. The van der Waals surface area contributed by atoms with Crippen LogP contribution in [0.15, 0.2) is 0 Å². The molecule has 1 N–H and O–H groups in total. The maximum Gasteiger partial charge on any atom is 0.230 e. The number of hydrogen-bond donors (Lipinski definition) is 1. The summed E-state index contributed by atoms with van der Waals surface area (Å²) in [5, 5.41) is 3.41. The molecule has 20 heavy (non-hydrogen) atoms. The third-order valence-electron chi connectivity index (χ3n) is 5.35. The zero-order chi connectivity index (χ0) is 14.6. The highest BCUT2D eigenvalue weighted by molar-refractivity contribution is 5.83. The number of hydrogen-bond acceptors (Lipinski definition) is 2. The van der Waals surface area contributed by atoms with Crippen LogP contribution >= 0.6 is 0 Å². The Kier molecular flexibility index (Phi) is 5.48. The third-order valence-corrected chi connectivity index (χ3v) is 5.35. The SMILES string of the molecule is CCC1(C(=O)N(CCC(C)C)C2CCCC2)CCNC1. The van der Waals surface area contributed by atoms with Gasteiger partial charge in [0.05, 0.1) is 5.41 Å². The van der Waals surface area contributed by atoms with Gasteiger partial charge in [0.25, 0.3) is 0 Å². The fraction of sp³-hybridized carbons (Fsp3) is 0.941. The Hall–Kier alpha value is -0.570. The zero-order valence-corrected chi connectivity index (χ0v) is 13.6. The molecule has 1 saturated heterocycles. The van der Waals surface area contributed by atoms with E-state index in [1.807, 2.05) is 0 Å². The molecule has 1 aliphatic carbocycles. The van der Waals surface area contributed by atoms with Crippen LogP contribution in [-0.4, -0.2) is 36.5 Å². The van der Waals surface area contributed by atoms with Gasteiger partial charge in [0.2, 0.25) is 5.91 Å². The average molecular weight is 280 g/mol. The minimum atomic E-state index is -0.112. The molecule has 1 amide bonds. The number of nitrogens with zero attached hydrogens (tertiary/aromatic N) is 1. The van der Waals surface area contributed by atoms with Crippen LogP contribution in [0, 0.1) is 11.3 Å². The molecule has 1 aliphatic heterocycles. The van der Waals surface area contributed by atoms with Crippen molar-refractivity contribution in [1.82, 2.24) is 10.2 Å². The Bertz CT molecular complexity index is 315. The summed E-state index contributed by atoms with van der Waals surface area (Å²) in [6.07, 6.45) is 8.17. The van der Waals surface area contributed by atoms with E-state index in [1.54, 1.807) is 0 Å². The van der Waals surface area contributed by atoms with E-state index in [4.69, 9.17) is 0 Å². The van der Waals surface area contributed by atoms with Gasteiger partial charge in [0, 0.05) is 19.1 Å². The highest BCUT2D eigenvalue weighted by atomic mass is 16.2. The van der Waals surface area contributed by atoms with Gasteiger partial charge < -0.3 is 10.2 Å². The van der Waals surface area contributed by atoms with E-state index < -0.39 is 0 Å². The van der Waals surface area contributed by atoms with Gasteiger partial charge >= 0.3 is 0 Å². The molecule has 0 spiro atoms. The standard InChI is InChI=1S/C17H32N2O/c1-4-17(10-11-18-13-17)16(20)19(12-9-14(2)3)15-7-5-6-8-15/h14-15,18H,4-13H2,1-3H3. The van der Waals surface area contributed by atoms with E-state index in [0.29, 0.717) is 17.9 Å². The van der Waals surface area contributed by atoms with Crippen LogP contribution in [-0.2, 0) is 4.79 Å². The molecule has 2 aliphatic rings. The van der Waals surface area contributed by atoms with E-state index in [1.165, 1.54) is 25.7 Å². The Balaban J connectivity index is 2.09. The fourth-order valence-electron chi connectivity index (χ4n) is 3.75. The highest BCUT2D eigenvalue weighted by Gasteiger charge is 2.43. The van der Waals surface area contributed by atoms with Gasteiger partial charge in [0.15, 0.2) is 0 Å². The smallest absolute Gasteiger partial charge is 0.230 e. The molecular weight excluding hydrogens is 248 g/mol. The number of carbonyl (C=O) groups excluding carboxylic acids is 1. The molecule has 1 atom stereocenters. The Morgan fingerprint density at radius 2 is 2.05 bits per heavy atom. The Morgan fingerprint density at radius 1 is 1.35 bits per heavy atom. The topological polar surface area (TPSA) is 32.3 Å². The van der Waals surface area contributed by atoms with Crippen molar-refractivity contribution in [1.29, 1.82) is 0 Å². The predicted molar refractivity (Wildman–Crippen MR) is 83.6 cm³/mol. The molecule has 0 aromatic carbocycles. The summed E-state index contributed by atoms with van der Waals surface area (Å²) in [7, 11) is 0. The second-order valence-corrected chi connectivity index (χ2v) is 7.18. The molecule has 1 heterocycles. The van der Waals surface area contributed by atoms with Crippen molar-refractivity contribution in [3.63, 3.8) is 0 Å². The molecule has 0 radical (unpaired) electrons. The van der Waals surface area contributed by atoms with Gasteiger partial charge in [-0.25, -0.2) is 0 Å². The molecule has 3 heteroatoms. The molecule has 1 saturated carbocycles. The minimum absolute atomic E-state index is 0.112. The van der Waals surface area contributed by atoms with Crippen LogP contribution in [0.4, 0.5) is 0 Å². The molecule has 2 fully saturated rings. The number of carbonyl (C=O) groups is 1. The first-order valence-corrected chi connectivity index (χ1v) is 8.61. The van der Waals surface area contributed by atoms with E-state index in [9.17, 15) is 4.79 Å². The quantitative estimate of drug-likeness (QED) is 0.810. The molecule has 0 aromatic heterocycles. The normalized spacial score (nSPS) is 27.4. The van der Waals surface area contributed by atoms with Gasteiger partial charge in [-0.2, -0.15) is 0 Å². The minimum Gasteiger partial charge on any atom is -0.339 e. The van der Waals surface area contributed by atoms with E-state index in [-0.39, 0.29) is 5.41 Å². The van der Waals surface area contributed by atoms with Crippen LogP contribution in [0.2, 0.25) is 0 Å². The zero-order valence-electron chi connectivity index (χ0n) is 13.6. The molecule has 3 nitrogen and oxygen atoms in total. The first kappa shape index (κ1) is 15.8. The lowest BCUT2D eigenvalue weighted by molar-refractivity contribution is -0.144. The largest absolute Gasteiger partial charge is 0.339 e. The molecular formula is C17H32N2O.